The summed E-state index contributed by atoms with van der Waals surface area (Å²) >= 11 is 0. The molecule has 0 saturated heterocycles. The molecule has 0 bridgehead atoms. The van der Waals surface area contributed by atoms with Crippen molar-refractivity contribution < 1.29 is 19.0 Å². The Balaban J connectivity index is 1.83. The maximum atomic E-state index is 13.4. The number of fused-ring (bicyclic) bond motifs is 1. The van der Waals surface area contributed by atoms with Crippen LogP contribution in [-0.4, -0.2) is 27.7 Å². The Morgan fingerprint density at radius 3 is 2.47 bits per heavy atom. The van der Waals surface area contributed by atoms with Gasteiger partial charge in [-0.1, -0.05) is 12.1 Å². The Bertz CT molecular complexity index is 1350. The molecule has 2 heterocycles. The first-order valence-electron chi connectivity index (χ1n) is 9.84. The number of halogens is 1. The highest BCUT2D eigenvalue weighted by Crippen LogP contribution is 2.27. The van der Waals surface area contributed by atoms with E-state index in [9.17, 15) is 19.1 Å². The summed E-state index contributed by atoms with van der Waals surface area (Å²) in [7, 11) is 1.53. The maximum absolute atomic E-state index is 13.4. The first-order chi connectivity index (χ1) is 15.4. The summed E-state index contributed by atoms with van der Waals surface area (Å²) in [5, 5.41) is 13.7. The number of benzene rings is 2. The maximum Gasteiger partial charge on any atom is 0.273 e. The van der Waals surface area contributed by atoms with E-state index in [2.05, 4.69) is 10.3 Å². The van der Waals surface area contributed by atoms with Gasteiger partial charge < -0.3 is 15.2 Å². The van der Waals surface area contributed by atoms with Crippen LogP contribution < -0.4 is 15.6 Å². The number of carbonyl (C=O) groups is 1. The molecule has 0 spiro atoms. The topological polar surface area (TPSA) is 93.5 Å². The van der Waals surface area contributed by atoms with Crippen molar-refractivity contribution in [2.45, 2.75) is 13.0 Å². The van der Waals surface area contributed by atoms with Gasteiger partial charge in [0.1, 0.15) is 22.9 Å². The van der Waals surface area contributed by atoms with Crippen LogP contribution in [0.3, 0.4) is 0 Å². The molecule has 7 nitrogen and oxygen atoms in total. The predicted octanol–water partition coefficient (Wildman–Crippen LogP) is 3.73. The van der Waals surface area contributed by atoms with E-state index in [-0.39, 0.29) is 11.0 Å². The number of hydrogen-bond donors (Lipinski definition) is 2. The summed E-state index contributed by atoms with van der Waals surface area (Å²) in [6, 6.07) is 15.0. The lowest BCUT2D eigenvalue weighted by atomic mass is 10.1. The van der Waals surface area contributed by atoms with E-state index in [1.54, 1.807) is 55.5 Å². The molecule has 0 aliphatic heterocycles. The van der Waals surface area contributed by atoms with Gasteiger partial charge >= 0.3 is 0 Å². The molecule has 2 aromatic carbocycles. The van der Waals surface area contributed by atoms with E-state index in [0.29, 0.717) is 17.0 Å². The van der Waals surface area contributed by atoms with Crippen molar-refractivity contribution in [3.63, 3.8) is 0 Å². The number of rotatable bonds is 5. The highest BCUT2D eigenvalue weighted by Gasteiger charge is 2.24. The second-order valence-corrected chi connectivity index (χ2v) is 7.18. The van der Waals surface area contributed by atoms with Crippen molar-refractivity contribution in [1.82, 2.24) is 14.9 Å². The molecule has 0 saturated carbocycles. The molecule has 0 radical (unpaired) electrons. The van der Waals surface area contributed by atoms with Crippen LogP contribution in [0.1, 0.15) is 28.9 Å². The second kappa shape index (κ2) is 8.50. The number of aromatic nitrogens is 2. The number of carbonyl (C=O) groups excluding carboxylic acids is 1. The van der Waals surface area contributed by atoms with E-state index >= 15 is 0 Å². The van der Waals surface area contributed by atoms with Crippen LogP contribution in [0.25, 0.3) is 16.7 Å². The van der Waals surface area contributed by atoms with Crippen LogP contribution in [-0.2, 0) is 0 Å². The normalized spacial score (nSPS) is 11.8. The highest BCUT2D eigenvalue weighted by atomic mass is 19.1. The van der Waals surface area contributed by atoms with E-state index in [0.717, 1.165) is 0 Å². The molecule has 162 valence electrons. The zero-order valence-corrected chi connectivity index (χ0v) is 17.4. The third-order valence-electron chi connectivity index (χ3n) is 5.18. The molecular weight excluding hydrogens is 413 g/mol. The van der Waals surface area contributed by atoms with Crippen LogP contribution in [0.5, 0.6) is 11.5 Å². The largest absolute Gasteiger partial charge is 0.506 e. The first-order valence-corrected chi connectivity index (χ1v) is 9.84. The van der Waals surface area contributed by atoms with Crippen LogP contribution in [0.4, 0.5) is 4.39 Å². The minimum Gasteiger partial charge on any atom is -0.506 e. The molecule has 1 atom stereocenters. The number of aromatic hydroxyl groups is 1. The third kappa shape index (κ3) is 3.78. The summed E-state index contributed by atoms with van der Waals surface area (Å²) < 4.78 is 19.6. The molecule has 4 rings (SSSR count). The quantitative estimate of drug-likeness (QED) is 0.500. The number of hydrogen-bond acceptors (Lipinski definition) is 5. The van der Waals surface area contributed by atoms with Crippen LogP contribution in [0.2, 0.25) is 0 Å². The zero-order chi connectivity index (χ0) is 22.8. The average molecular weight is 433 g/mol. The summed E-state index contributed by atoms with van der Waals surface area (Å²) in [5.74, 6) is -0.998. The van der Waals surface area contributed by atoms with Crippen molar-refractivity contribution in [2.75, 3.05) is 7.11 Å². The van der Waals surface area contributed by atoms with Crippen LogP contribution >= 0.6 is 0 Å². The van der Waals surface area contributed by atoms with Gasteiger partial charge in [-0.05, 0) is 61.0 Å². The van der Waals surface area contributed by atoms with Gasteiger partial charge in [-0.2, -0.15) is 0 Å². The van der Waals surface area contributed by atoms with Gasteiger partial charge in [-0.25, -0.2) is 9.37 Å². The Kier molecular flexibility index (Phi) is 5.59. The summed E-state index contributed by atoms with van der Waals surface area (Å²) in [6.07, 6.45) is 1.50. The number of nitrogens with one attached hydrogen (secondary N) is 1. The average Bonchev–Trinajstić information content (AvgIpc) is 2.80. The van der Waals surface area contributed by atoms with Crippen molar-refractivity contribution in [2.24, 2.45) is 0 Å². The van der Waals surface area contributed by atoms with Gasteiger partial charge in [-0.3, -0.25) is 14.2 Å². The molecule has 0 aliphatic rings. The Labute approximate surface area is 182 Å². The molecule has 32 heavy (non-hydrogen) atoms. The fourth-order valence-corrected chi connectivity index (χ4v) is 3.48. The Morgan fingerprint density at radius 1 is 1.12 bits per heavy atom. The molecule has 2 N–H and O–H groups in total. The fourth-order valence-electron chi connectivity index (χ4n) is 3.48. The minimum atomic E-state index is -0.752. The minimum absolute atomic E-state index is 0.211. The van der Waals surface area contributed by atoms with Gasteiger partial charge in [-0.15, -0.1) is 0 Å². The van der Waals surface area contributed by atoms with Gasteiger partial charge in [0.15, 0.2) is 5.65 Å². The Hall–Kier alpha value is -4.20. The summed E-state index contributed by atoms with van der Waals surface area (Å²) in [6.45, 7) is 1.70. The number of amides is 1. The van der Waals surface area contributed by atoms with E-state index in [1.807, 2.05) is 0 Å². The van der Waals surface area contributed by atoms with Crippen LogP contribution in [0, 0.1) is 5.82 Å². The fraction of sp³-hybridized carbons (Fsp3) is 0.125. The molecule has 0 aliphatic carbocycles. The lowest BCUT2D eigenvalue weighted by Gasteiger charge is -2.17. The lowest BCUT2D eigenvalue weighted by Crippen LogP contribution is -2.34. The SMILES string of the molecule is COc1ccc(-n2c(=O)c(C(=O)N[C@H](C)c3ccc(F)cc3)c(O)c3cccnc32)cc1. The van der Waals surface area contributed by atoms with E-state index < -0.39 is 34.6 Å². The number of pyridine rings is 2. The first kappa shape index (κ1) is 21.0. The van der Waals surface area contributed by atoms with Crippen molar-refractivity contribution >= 4 is 16.9 Å². The zero-order valence-electron chi connectivity index (χ0n) is 17.4. The van der Waals surface area contributed by atoms with E-state index in [1.165, 1.54) is 30.0 Å². The highest BCUT2D eigenvalue weighted by molar-refractivity contribution is 6.02. The van der Waals surface area contributed by atoms with Crippen molar-refractivity contribution in [3.05, 3.63) is 94.2 Å². The summed E-state index contributed by atoms with van der Waals surface area (Å²) in [5.41, 5.74) is 0.193. The molecule has 2 aromatic heterocycles. The number of methoxy groups -OCH3 is 1. The number of ether oxygens (including phenoxy) is 1. The Morgan fingerprint density at radius 2 is 1.81 bits per heavy atom. The molecule has 4 aromatic rings. The van der Waals surface area contributed by atoms with Gasteiger partial charge in [0.05, 0.1) is 24.2 Å². The monoisotopic (exact) mass is 433 g/mol. The lowest BCUT2D eigenvalue weighted by molar-refractivity contribution is 0.0935. The van der Waals surface area contributed by atoms with Gasteiger partial charge in [0, 0.05) is 6.20 Å². The second-order valence-electron chi connectivity index (χ2n) is 7.18. The molecule has 0 unspecified atom stereocenters. The van der Waals surface area contributed by atoms with Gasteiger partial charge in [0.25, 0.3) is 11.5 Å². The van der Waals surface area contributed by atoms with E-state index in [4.69, 9.17) is 4.74 Å². The molecule has 0 fully saturated rings. The molecule has 1 amide bonds. The predicted molar refractivity (Wildman–Crippen MR) is 118 cm³/mol. The number of nitrogens with zero attached hydrogens (tertiary/aromatic N) is 2. The standard InChI is InChI=1S/C24H20FN3O4/c1-14(15-5-7-16(25)8-6-15)27-23(30)20-21(29)19-4-3-13-26-22(19)28(24(20)31)17-9-11-18(32-2)12-10-17/h3-14,29H,1-2H3,(H,27,30)/t14-/m1/s1. The summed E-state index contributed by atoms with van der Waals surface area (Å²) in [4.78, 5) is 30.7. The van der Waals surface area contributed by atoms with Crippen LogP contribution in [0.15, 0.2) is 71.7 Å². The molecular formula is C24H20FN3O4. The molecule has 8 heteroatoms. The van der Waals surface area contributed by atoms with Gasteiger partial charge in [0.2, 0.25) is 0 Å². The van der Waals surface area contributed by atoms with Crippen molar-refractivity contribution in [1.29, 1.82) is 0 Å². The smallest absolute Gasteiger partial charge is 0.273 e. The third-order valence-corrected chi connectivity index (χ3v) is 5.18. The van der Waals surface area contributed by atoms with Crippen molar-refractivity contribution in [3.8, 4) is 17.2 Å².